The van der Waals surface area contributed by atoms with E-state index in [1.807, 2.05) is 47.9 Å². The Bertz CT molecular complexity index is 1440. The molecule has 1 amide bonds. The standard InChI is InChI=1S/C28H27FN2O3S/c1-20-23(18-28(32)30(2)19-21-7-5-4-6-8-21)17-27(31(20)25-13-11-24(29)12-14-25)22-9-15-26(16-10-22)35(3,33)34/h4-17H,18-19H2,1-3H3. The summed E-state index contributed by atoms with van der Waals surface area (Å²) in [5, 5.41) is 0. The number of hydrogen-bond acceptors (Lipinski definition) is 3. The first-order valence-electron chi connectivity index (χ1n) is 11.2. The summed E-state index contributed by atoms with van der Waals surface area (Å²) in [5.74, 6) is -0.359. The molecule has 0 unspecified atom stereocenters. The maximum Gasteiger partial charge on any atom is 0.227 e. The van der Waals surface area contributed by atoms with Crippen LogP contribution in [0.3, 0.4) is 0 Å². The molecule has 180 valence electrons. The van der Waals surface area contributed by atoms with Crippen LogP contribution in [-0.4, -0.2) is 37.1 Å². The number of aromatic nitrogens is 1. The van der Waals surface area contributed by atoms with Gasteiger partial charge in [-0.05, 0) is 66.1 Å². The maximum absolute atomic E-state index is 13.6. The summed E-state index contributed by atoms with van der Waals surface area (Å²) in [6.45, 7) is 2.44. The van der Waals surface area contributed by atoms with Crippen LogP contribution in [0.2, 0.25) is 0 Å². The van der Waals surface area contributed by atoms with E-state index in [1.54, 1.807) is 48.3 Å². The highest BCUT2D eigenvalue weighted by atomic mass is 32.2. The monoisotopic (exact) mass is 490 g/mol. The van der Waals surface area contributed by atoms with Crippen LogP contribution in [0.5, 0.6) is 0 Å². The predicted octanol–water partition coefficient (Wildman–Crippen LogP) is 5.20. The number of halogens is 1. The Morgan fingerprint density at radius 3 is 2.17 bits per heavy atom. The van der Waals surface area contributed by atoms with Crippen LogP contribution >= 0.6 is 0 Å². The molecule has 0 spiro atoms. The van der Waals surface area contributed by atoms with Crippen LogP contribution in [-0.2, 0) is 27.6 Å². The Kier molecular flexibility index (Phi) is 6.89. The minimum Gasteiger partial charge on any atom is -0.341 e. The third kappa shape index (κ3) is 5.52. The number of carbonyl (C=O) groups excluding carboxylic acids is 1. The number of amides is 1. The SMILES string of the molecule is Cc1c(CC(=O)N(C)Cc2ccccc2)cc(-c2ccc(S(C)(=O)=O)cc2)n1-c1ccc(F)cc1. The molecule has 0 aliphatic heterocycles. The summed E-state index contributed by atoms with van der Waals surface area (Å²) in [6, 6.07) is 24.5. The molecule has 0 radical (unpaired) electrons. The van der Waals surface area contributed by atoms with Gasteiger partial charge in [-0.1, -0.05) is 42.5 Å². The van der Waals surface area contributed by atoms with Crippen molar-refractivity contribution in [1.29, 1.82) is 0 Å². The van der Waals surface area contributed by atoms with E-state index in [-0.39, 0.29) is 23.0 Å². The Balaban J connectivity index is 1.71. The first kappa shape index (κ1) is 24.4. The zero-order chi connectivity index (χ0) is 25.2. The Morgan fingerprint density at radius 1 is 0.943 bits per heavy atom. The number of nitrogens with zero attached hydrogens (tertiary/aromatic N) is 2. The lowest BCUT2D eigenvalue weighted by Gasteiger charge is -2.17. The summed E-state index contributed by atoms with van der Waals surface area (Å²) in [4.78, 5) is 15.0. The normalized spacial score (nSPS) is 11.4. The van der Waals surface area contributed by atoms with Gasteiger partial charge in [0, 0.05) is 31.2 Å². The van der Waals surface area contributed by atoms with Crippen LogP contribution in [0.4, 0.5) is 4.39 Å². The van der Waals surface area contributed by atoms with Crippen molar-refractivity contribution in [2.24, 2.45) is 0 Å². The zero-order valence-corrected chi connectivity index (χ0v) is 20.7. The molecule has 35 heavy (non-hydrogen) atoms. The van der Waals surface area contributed by atoms with Crippen molar-refractivity contribution in [3.63, 3.8) is 0 Å². The van der Waals surface area contributed by atoms with Crippen molar-refractivity contribution < 1.29 is 17.6 Å². The van der Waals surface area contributed by atoms with Gasteiger partial charge >= 0.3 is 0 Å². The Hall–Kier alpha value is -3.71. The molecule has 0 N–H and O–H groups in total. The highest BCUT2D eigenvalue weighted by molar-refractivity contribution is 7.90. The van der Waals surface area contributed by atoms with Gasteiger partial charge in [0.25, 0.3) is 0 Å². The van der Waals surface area contributed by atoms with Gasteiger partial charge in [-0.3, -0.25) is 4.79 Å². The molecule has 0 saturated heterocycles. The summed E-state index contributed by atoms with van der Waals surface area (Å²) >= 11 is 0. The molecule has 0 aliphatic rings. The second-order valence-corrected chi connectivity index (χ2v) is 10.7. The van der Waals surface area contributed by atoms with Crippen LogP contribution in [0.15, 0.2) is 89.8 Å². The lowest BCUT2D eigenvalue weighted by atomic mass is 10.1. The molecule has 0 aliphatic carbocycles. The van der Waals surface area contributed by atoms with Gasteiger partial charge in [-0.15, -0.1) is 0 Å². The maximum atomic E-state index is 13.6. The predicted molar refractivity (Wildman–Crippen MR) is 136 cm³/mol. The third-order valence-corrected chi connectivity index (χ3v) is 7.17. The molecule has 1 heterocycles. The lowest BCUT2D eigenvalue weighted by Crippen LogP contribution is -2.27. The topological polar surface area (TPSA) is 59.4 Å². The number of sulfone groups is 1. The summed E-state index contributed by atoms with van der Waals surface area (Å²) < 4.78 is 39.4. The molecule has 0 atom stereocenters. The molecule has 7 heteroatoms. The van der Waals surface area contributed by atoms with Gasteiger partial charge in [-0.25, -0.2) is 12.8 Å². The van der Waals surface area contributed by atoms with Crippen LogP contribution in [0.1, 0.15) is 16.8 Å². The van der Waals surface area contributed by atoms with Gasteiger partial charge in [-0.2, -0.15) is 0 Å². The van der Waals surface area contributed by atoms with Crippen molar-refractivity contribution in [3.8, 4) is 16.9 Å². The van der Waals surface area contributed by atoms with E-state index in [4.69, 9.17) is 0 Å². The molecule has 0 saturated carbocycles. The van der Waals surface area contributed by atoms with E-state index in [0.717, 1.165) is 33.8 Å². The lowest BCUT2D eigenvalue weighted by molar-refractivity contribution is -0.129. The molecule has 4 rings (SSSR count). The highest BCUT2D eigenvalue weighted by Gasteiger charge is 2.19. The first-order valence-corrected chi connectivity index (χ1v) is 13.1. The molecule has 0 bridgehead atoms. The summed E-state index contributed by atoms with van der Waals surface area (Å²) in [6.07, 6.45) is 1.38. The van der Waals surface area contributed by atoms with Crippen LogP contribution < -0.4 is 0 Å². The number of likely N-dealkylation sites (N-methyl/N-ethyl adjacent to an activating group) is 1. The summed E-state index contributed by atoms with van der Waals surface area (Å²) in [5.41, 5.74) is 5.10. The average Bonchev–Trinajstić information content (AvgIpc) is 3.15. The van der Waals surface area contributed by atoms with Gasteiger partial charge in [0.15, 0.2) is 9.84 Å². The van der Waals surface area contributed by atoms with Crippen molar-refractivity contribution >= 4 is 15.7 Å². The number of carbonyl (C=O) groups is 1. The minimum absolute atomic E-state index is 0.0211. The Labute approximate surface area is 205 Å². The molecular formula is C28H27FN2O3S. The number of hydrogen-bond donors (Lipinski definition) is 0. The van der Waals surface area contributed by atoms with Crippen molar-refractivity contribution in [1.82, 2.24) is 9.47 Å². The fourth-order valence-corrected chi connectivity index (χ4v) is 4.72. The van der Waals surface area contributed by atoms with Crippen LogP contribution in [0, 0.1) is 12.7 Å². The van der Waals surface area contributed by atoms with Crippen molar-refractivity contribution in [3.05, 3.63) is 108 Å². The molecule has 5 nitrogen and oxygen atoms in total. The van der Waals surface area contributed by atoms with E-state index in [0.29, 0.717) is 6.54 Å². The Morgan fingerprint density at radius 2 is 1.57 bits per heavy atom. The van der Waals surface area contributed by atoms with E-state index < -0.39 is 9.84 Å². The van der Waals surface area contributed by atoms with Gasteiger partial charge in [0.05, 0.1) is 17.0 Å². The largest absolute Gasteiger partial charge is 0.341 e. The van der Waals surface area contributed by atoms with Crippen molar-refractivity contribution in [2.75, 3.05) is 13.3 Å². The molecule has 3 aromatic carbocycles. The van der Waals surface area contributed by atoms with E-state index in [2.05, 4.69) is 0 Å². The van der Waals surface area contributed by atoms with E-state index in [1.165, 1.54) is 18.4 Å². The molecular weight excluding hydrogens is 463 g/mol. The van der Waals surface area contributed by atoms with Crippen LogP contribution in [0.25, 0.3) is 16.9 Å². The minimum atomic E-state index is -3.32. The first-order chi connectivity index (χ1) is 16.6. The average molecular weight is 491 g/mol. The summed E-state index contributed by atoms with van der Waals surface area (Å²) in [7, 11) is -1.54. The number of benzene rings is 3. The molecule has 1 aromatic heterocycles. The quantitative estimate of drug-likeness (QED) is 0.358. The van der Waals surface area contributed by atoms with Gasteiger partial charge in [0.1, 0.15) is 5.82 Å². The van der Waals surface area contributed by atoms with Gasteiger partial charge < -0.3 is 9.47 Å². The second-order valence-electron chi connectivity index (χ2n) is 8.66. The molecule has 4 aromatic rings. The van der Waals surface area contributed by atoms with E-state index in [9.17, 15) is 17.6 Å². The second kappa shape index (κ2) is 9.88. The number of rotatable bonds is 7. The smallest absolute Gasteiger partial charge is 0.227 e. The fraction of sp³-hybridized carbons (Fsp3) is 0.179. The fourth-order valence-electron chi connectivity index (χ4n) is 4.09. The van der Waals surface area contributed by atoms with Gasteiger partial charge in [0.2, 0.25) is 5.91 Å². The van der Waals surface area contributed by atoms with E-state index >= 15 is 0 Å². The third-order valence-electron chi connectivity index (χ3n) is 6.05. The zero-order valence-electron chi connectivity index (χ0n) is 19.9. The molecule has 0 fully saturated rings. The highest BCUT2D eigenvalue weighted by Crippen LogP contribution is 2.31. The van der Waals surface area contributed by atoms with Crippen molar-refractivity contribution in [2.45, 2.75) is 24.8 Å².